The lowest BCUT2D eigenvalue weighted by molar-refractivity contribution is 0.222. The number of piperazine rings is 1. The van der Waals surface area contributed by atoms with Crippen molar-refractivity contribution in [1.82, 2.24) is 9.21 Å². The summed E-state index contributed by atoms with van der Waals surface area (Å²) in [7, 11) is 0.0872. The molecule has 20 heavy (non-hydrogen) atoms. The molecule has 1 aromatic rings. The Labute approximate surface area is 120 Å². The summed E-state index contributed by atoms with van der Waals surface area (Å²) in [6.45, 7) is 2.78. The molecule has 1 fully saturated rings. The number of rotatable bonds is 4. The largest absolute Gasteiger partial charge is 0.496 e. The van der Waals surface area contributed by atoms with Crippen molar-refractivity contribution in [3.8, 4) is 5.75 Å². The number of nitrogens with zero attached hydrogens (tertiary/aromatic N) is 2. The fourth-order valence-electron chi connectivity index (χ4n) is 2.25. The number of sulfonamides is 1. The summed E-state index contributed by atoms with van der Waals surface area (Å²) >= 11 is 0. The van der Waals surface area contributed by atoms with Crippen molar-refractivity contribution in [2.24, 2.45) is 5.73 Å². The molecule has 1 saturated heterocycles. The number of likely N-dealkylation sites (N-methyl/N-ethyl adjacent to an activating group) is 1. The van der Waals surface area contributed by atoms with Crippen LogP contribution >= 0.6 is 0 Å². The average molecular weight is 299 g/mol. The molecular formula is C13H21N3O3S. The third kappa shape index (κ3) is 2.95. The van der Waals surface area contributed by atoms with E-state index in [1.54, 1.807) is 25.3 Å². The standard InChI is InChI=1S/C13H21N3O3S/c1-15-5-7-16(8-6-15)20(17,18)12-3-4-13(19-2)11(9-12)10-14/h3-4,9H,5-8,10,14H2,1-2H3. The van der Waals surface area contributed by atoms with E-state index < -0.39 is 10.0 Å². The molecule has 0 bridgehead atoms. The molecule has 0 radical (unpaired) electrons. The van der Waals surface area contributed by atoms with Crippen LogP contribution in [0.3, 0.4) is 0 Å². The van der Waals surface area contributed by atoms with Crippen LogP contribution < -0.4 is 10.5 Å². The lowest BCUT2D eigenvalue weighted by Gasteiger charge is -2.31. The molecular weight excluding hydrogens is 278 g/mol. The van der Waals surface area contributed by atoms with Crippen LogP contribution in [0.25, 0.3) is 0 Å². The fourth-order valence-corrected chi connectivity index (χ4v) is 3.73. The molecule has 0 amide bonds. The van der Waals surface area contributed by atoms with Gasteiger partial charge in [-0.25, -0.2) is 8.42 Å². The molecule has 0 spiro atoms. The predicted molar refractivity (Wildman–Crippen MR) is 77.1 cm³/mol. The highest BCUT2D eigenvalue weighted by molar-refractivity contribution is 7.89. The van der Waals surface area contributed by atoms with E-state index in [4.69, 9.17) is 10.5 Å². The smallest absolute Gasteiger partial charge is 0.243 e. The Bertz CT molecular complexity index is 566. The maximum Gasteiger partial charge on any atom is 0.243 e. The Hall–Kier alpha value is -1.15. The summed E-state index contributed by atoms with van der Waals surface area (Å²) in [4.78, 5) is 2.40. The first-order chi connectivity index (χ1) is 9.48. The molecule has 0 unspecified atom stereocenters. The van der Waals surface area contributed by atoms with Crippen LogP contribution in [0, 0.1) is 0 Å². The highest BCUT2D eigenvalue weighted by atomic mass is 32.2. The zero-order valence-corrected chi connectivity index (χ0v) is 12.7. The SMILES string of the molecule is COc1ccc(S(=O)(=O)N2CCN(C)CC2)cc1CN. The van der Waals surface area contributed by atoms with Crippen LogP contribution in [0.1, 0.15) is 5.56 Å². The lowest BCUT2D eigenvalue weighted by Crippen LogP contribution is -2.47. The molecule has 6 nitrogen and oxygen atoms in total. The maximum absolute atomic E-state index is 12.6. The van der Waals surface area contributed by atoms with Crippen LogP contribution in [0.5, 0.6) is 5.75 Å². The van der Waals surface area contributed by atoms with Crippen molar-refractivity contribution in [2.45, 2.75) is 11.4 Å². The van der Waals surface area contributed by atoms with Crippen molar-refractivity contribution in [1.29, 1.82) is 0 Å². The van der Waals surface area contributed by atoms with E-state index in [0.29, 0.717) is 24.4 Å². The van der Waals surface area contributed by atoms with Crippen molar-refractivity contribution in [3.63, 3.8) is 0 Å². The zero-order chi connectivity index (χ0) is 14.8. The molecule has 1 heterocycles. The molecule has 1 aromatic carbocycles. The van der Waals surface area contributed by atoms with E-state index in [-0.39, 0.29) is 11.4 Å². The Morgan fingerprint density at radius 3 is 2.45 bits per heavy atom. The van der Waals surface area contributed by atoms with Gasteiger partial charge >= 0.3 is 0 Å². The second-order valence-corrected chi connectivity index (χ2v) is 6.82. The summed E-state index contributed by atoms with van der Waals surface area (Å²) in [5.74, 6) is 0.616. The Kier molecular flexibility index (Phi) is 4.64. The number of hydrogen-bond donors (Lipinski definition) is 1. The van der Waals surface area contributed by atoms with E-state index in [9.17, 15) is 8.42 Å². The number of hydrogen-bond acceptors (Lipinski definition) is 5. The molecule has 0 aliphatic carbocycles. The van der Waals surface area contributed by atoms with E-state index in [2.05, 4.69) is 4.90 Å². The number of ether oxygens (including phenoxy) is 1. The van der Waals surface area contributed by atoms with E-state index in [1.165, 1.54) is 4.31 Å². The Morgan fingerprint density at radius 2 is 1.90 bits per heavy atom. The van der Waals surface area contributed by atoms with Crippen molar-refractivity contribution >= 4 is 10.0 Å². The third-order valence-electron chi connectivity index (χ3n) is 3.57. The van der Waals surface area contributed by atoms with E-state index in [1.807, 2.05) is 7.05 Å². The summed E-state index contributed by atoms with van der Waals surface area (Å²) < 4.78 is 31.9. The van der Waals surface area contributed by atoms with Gasteiger partial charge in [0.25, 0.3) is 0 Å². The summed E-state index contributed by atoms with van der Waals surface area (Å²) in [5.41, 5.74) is 6.34. The first kappa shape index (κ1) is 15.2. The van der Waals surface area contributed by atoms with Gasteiger partial charge in [0, 0.05) is 38.3 Å². The van der Waals surface area contributed by atoms with Crippen molar-refractivity contribution in [3.05, 3.63) is 23.8 Å². The van der Waals surface area contributed by atoms with Gasteiger partial charge in [-0.2, -0.15) is 4.31 Å². The predicted octanol–water partition coefficient (Wildman–Crippen LogP) is 0.0900. The summed E-state index contributed by atoms with van der Waals surface area (Å²) in [6, 6.07) is 4.84. The summed E-state index contributed by atoms with van der Waals surface area (Å²) in [6.07, 6.45) is 0. The highest BCUT2D eigenvalue weighted by Crippen LogP contribution is 2.24. The monoisotopic (exact) mass is 299 g/mol. The number of nitrogens with two attached hydrogens (primary N) is 1. The van der Waals surface area contributed by atoms with Gasteiger partial charge in [0.05, 0.1) is 12.0 Å². The van der Waals surface area contributed by atoms with Crippen LogP contribution in [-0.4, -0.2) is 58.0 Å². The van der Waals surface area contributed by atoms with Gasteiger partial charge in [0.1, 0.15) is 5.75 Å². The minimum absolute atomic E-state index is 0.245. The molecule has 1 aliphatic heterocycles. The van der Waals surface area contributed by atoms with E-state index in [0.717, 1.165) is 13.1 Å². The van der Waals surface area contributed by atoms with Gasteiger partial charge in [-0.3, -0.25) is 0 Å². The lowest BCUT2D eigenvalue weighted by atomic mass is 10.2. The van der Waals surface area contributed by atoms with Gasteiger partial charge in [0.15, 0.2) is 0 Å². The van der Waals surface area contributed by atoms with Gasteiger partial charge in [0.2, 0.25) is 10.0 Å². The molecule has 0 saturated carbocycles. The van der Waals surface area contributed by atoms with Crippen LogP contribution in [0.15, 0.2) is 23.1 Å². The summed E-state index contributed by atoms with van der Waals surface area (Å²) in [5, 5.41) is 0. The van der Waals surface area contributed by atoms with Crippen LogP contribution in [-0.2, 0) is 16.6 Å². The van der Waals surface area contributed by atoms with Gasteiger partial charge in [-0.05, 0) is 25.2 Å². The quantitative estimate of drug-likeness (QED) is 0.853. The molecule has 2 rings (SSSR count). The number of methoxy groups -OCH3 is 1. The fraction of sp³-hybridized carbons (Fsp3) is 0.538. The van der Waals surface area contributed by atoms with Crippen molar-refractivity contribution < 1.29 is 13.2 Å². The third-order valence-corrected chi connectivity index (χ3v) is 5.47. The van der Waals surface area contributed by atoms with Crippen LogP contribution in [0.4, 0.5) is 0 Å². The molecule has 2 N–H and O–H groups in total. The Balaban J connectivity index is 2.30. The first-order valence-electron chi connectivity index (χ1n) is 6.54. The molecule has 0 atom stereocenters. The highest BCUT2D eigenvalue weighted by Gasteiger charge is 2.27. The Morgan fingerprint density at radius 1 is 1.25 bits per heavy atom. The zero-order valence-electron chi connectivity index (χ0n) is 11.9. The number of benzene rings is 1. The second-order valence-electron chi connectivity index (χ2n) is 4.89. The molecule has 112 valence electrons. The minimum atomic E-state index is -3.45. The maximum atomic E-state index is 12.6. The molecule has 0 aromatic heterocycles. The average Bonchev–Trinajstić information content (AvgIpc) is 2.46. The van der Waals surface area contributed by atoms with Gasteiger partial charge in [-0.15, -0.1) is 0 Å². The second kappa shape index (κ2) is 6.09. The van der Waals surface area contributed by atoms with Crippen LogP contribution in [0.2, 0.25) is 0 Å². The molecule has 7 heteroatoms. The topological polar surface area (TPSA) is 75.9 Å². The van der Waals surface area contributed by atoms with Gasteiger partial charge in [-0.1, -0.05) is 0 Å². The first-order valence-corrected chi connectivity index (χ1v) is 7.98. The van der Waals surface area contributed by atoms with Gasteiger partial charge < -0.3 is 15.4 Å². The van der Waals surface area contributed by atoms with E-state index >= 15 is 0 Å². The molecule has 1 aliphatic rings. The van der Waals surface area contributed by atoms with Crippen molar-refractivity contribution in [2.75, 3.05) is 40.3 Å². The minimum Gasteiger partial charge on any atom is -0.496 e. The normalized spacial score (nSPS) is 18.1.